The number of amides is 1. The van der Waals surface area contributed by atoms with E-state index in [1.54, 1.807) is 0 Å². The quantitative estimate of drug-likeness (QED) is 0.773. The van der Waals surface area contributed by atoms with Crippen LogP contribution in [-0.2, 0) is 19.6 Å². The molecule has 2 aliphatic heterocycles. The van der Waals surface area contributed by atoms with E-state index in [-0.39, 0.29) is 31.5 Å². The summed E-state index contributed by atoms with van der Waals surface area (Å²) in [5.41, 5.74) is 0.395. The molecule has 0 aliphatic carbocycles. The smallest absolute Gasteiger partial charge is 0.237 e. The van der Waals surface area contributed by atoms with Crippen LogP contribution < -0.4 is 4.72 Å². The number of nitrogens with zero attached hydrogens (tertiary/aromatic N) is 1. The van der Waals surface area contributed by atoms with Gasteiger partial charge < -0.3 is 14.7 Å². The van der Waals surface area contributed by atoms with Gasteiger partial charge in [-0.05, 0) is 12.0 Å². The molecule has 0 aromatic heterocycles. The zero-order chi connectivity index (χ0) is 17.4. The van der Waals surface area contributed by atoms with Gasteiger partial charge in [-0.1, -0.05) is 30.3 Å². The van der Waals surface area contributed by atoms with Gasteiger partial charge in [0.15, 0.2) is 0 Å². The third-order valence-corrected chi connectivity index (χ3v) is 5.40. The number of hydrogen-bond acceptors (Lipinski definition) is 5. The monoisotopic (exact) mass is 354 g/mol. The van der Waals surface area contributed by atoms with E-state index >= 15 is 0 Å². The number of carbonyl (C=O) groups is 1. The lowest BCUT2D eigenvalue weighted by Gasteiger charge is -2.26. The van der Waals surface area contributed by atoms with E-state index in [9.17, 15) is 18.3 Å². The maximum absolute atomic E-state index is 12.2. The molecule has 1 aromatic carbocycles. The Hall–Kier alpha value is -1.48. The summed E-state index contributed by atoms with van der Waals surface area (Å²) in [7, 11) is -3.43. The van der Waals surface area contributed by atoms with Gasteiger partial charge in [-0.3, -0.25) is 4.79 Å². The van der Waals surface area contributed by atoms with Crippen LogP contribution in [0.5, 0.6) is 0 Å². The summed E-state index contributed by atoms with van der Waals surface area (Å²) in [6.45, 7) is 0.641. The lowest BCUT2D eigenvalue weighted by Crippen LogP contribution is -2.42. The van der Waals surface area contributed by atoms with Crippen LogP contribution in [0.2, 0.25) is 0 Å². The molecule has 2 saturated heterocycles. The topological polar surface area (TPSA) is 95.9 Å². The van der Waals surface area contributed by atoms with Gasteiger partial charge in [-0.2, -0.15) is 0 Å². The summed E-state index contributed by atoms with van der Waals surface area (Å²) in [5, 5.41) is 10.4. The van der Waals surface area contributed by atoms with Crippen molar-refractivity contribution in [2.75, 3.05) is 32.5 Å². The first-order valence-electron chi connectivity index (χ1n) is 7.88. The number of β-amino-alcohol motifs (C(OH)–C–C–N with tert-alkyl or cyclic N) is 1. The van der Waals surface area contributed by atoms with Crippen LogP contribution in [-0.4, -0.2) is 68.5 Å². The van der Waals surface area contributed by atoms with E-state index in [4.69, 9.17) is 4.74 Å². The fourth-order valence-electron chi connectivity index (χ4n) is 3.45. The molecule has 1 amide bonds. The highest BCUT2D eigenvalue weighted by Crippen LogP contribution is 2.42. The molecule has 2 heterocycles. The predicted octanol–water partition coefficient (Wildman–Crippen LogP) is -0.318. The maximum Gasteiger partial charge on any atom is 0.237 e. The van der Waals surface area contributed by atoms with Gasteiger partial charge >= 0.3 is 0 Å². The predicted molar refractivity (Wildman–Crippen MR) is 87.9 cm³/mol. The van der Waals surface area contributed by atoms with Gasteiger partial charge in [0.1, 0.15) is 11.7 Å². The van der Waals surface area contributed by atoms with Gasteiger partial charge in [-0.15, -0.1) is 0 Å². The standard InChI is InChI=1S/C16H22N2O5S/c1-24(21,22)17-8-15(20)18-9-14(19)16(11-18)7-13(10-23-16)12-5-3-2-4-6-12/h2-6,13-14,17,19H,7-11H2,1H3/t13-,14+,16+/m0/s1. The highest BCUT2D eigenvalue weighted by atomic mass is 32.2. The molecule has 0 saturated carbocycles. The minimum Gasteiger partial charge on any atom is -0.388 e. The Kier molecular flexibility index (Phi) is 4.65. The van der Waals surface area contributed by atoms with Gasteiger partial charge in [0.05, 0.1) is 26.0 Å². The van der Waals surface area contributed by atoms with E-state index in [0.717, 1.165) is 11.8 Å². The van der Waals surface area contributed by atoms with Crippen molar-refractivity contribution in [1.29, 1.82) is 0 Å². The Morgan fingerprint density at radius 2 is 2.12 bits per heavy atom. The van der Waals surface area contributed by atoms with E-state index < -0.39 is 21.7 Å². The average molecular weight is 354 g/mol. The van der Waals surface area contributed by atoms with Crippen LogP contribution in [0.15, 0.2) is 30.3 Å². The molecule has 7 nitrogen and oxygen atoms in total. The summed E-state index contributed by atoms with van der Waals surface area (Å²) in [4.78, 5) is 13.6. The third-order valence-electron chi connectivity index (χ3n) is 4.73. The zero-order valence-corrected chi connectivity index (χ0v) is 14.3. The van der Waals surface area contributed by atoms with Crippen molar-refractivity contribution in [1.82, 2.24) is 9.62 Å². The number of benzene rings is 1. The highest BCUT2D eigenvalue weighted by molar-refractivity contribution is 7.88. The maximum atomic E-state index is 12.2. The van der Waals surface area contributed by atoms with Crippen LogP contribution in [0.3, 0.4) is 0 Å². The molecule has 2 aliphatic rings. The number of sulfonamides is 1. The molecule has 1 aromatic rings. The lowest BCUT2D eigenvalue weighted by atomic mass is 9.87. The largest absolute Gasteiger partial charge is 0.388 e. The van der Waals surface area contributed by atoms with Crippen LogP contribution in [0.25, 0.3) is 0 Å². The first-order chi connectivity index (χ1) is 11.3. The first-order valence-corrected chi connectivity index (χ1v) is 9.78. The lowest BCUT2D eigenvalue weighted by molar-refractivity contribution is -0.130. The molecular formula is C16H22N2O5S. The molecule has 1 spiro atoms. The minimum absolute atomic E-state index is 0.159. The molecule has 0 bridgehead atoms. The third kappa shape index (κ3) is 3.61. The van der Waals surface area contributed by atoms with Crippen LogP contribution in [0.1, 0.15) is 17.9 Å². The van der Waals surface area contributed by atoms with Crippen LogP contribution >= 0.6 is 0 Å². The summed E-state index contributed by atoms with van der Waals surface area (Å²) in [6, 6.07) is 9.96. The van der Waals surface area contributed by atoms with Gasteiger partial charge in [0.25, 0.3) is 0 Å². The number of aliphatic hydroxyl groups excluding tert-OH is 1. The van der Waals surface area contributed by atoms with E-state index in [1.807, 2.05) is 30.3 Å². The normalized spacial score (nSPS) is 30.2. The molecule has 0 radical (unpaired) electrons. The Balaban J connectivity index is 1.65. The molecule has 132 valence electrons. The average Bonchev–Trinajstić information content (AvgIpc) is 3.11. The second kappa shape index (κ2) is 6.44. The van der Waals surface area contributed by atoms with E-state index in [2.05, 4.69) is 4.72 Å². The summed E-state index contributed by atoms with van der Waals surface area (Å²) in [6.07, 6.45) is 0.875. The number of carbonyl (C=O) groups excluding carboxylic acids is 1. The van der Waals surface area contributed by atoms with Crippen molar-refractivity contribution in [2.24, 2.45) is 0 Å². The molecule has 2 N–H and O–H groups in total. The van der Waals surface area contributed by atoms with Gasteiger partial charge in [0.2, 0.25) is 15.9 Å². The van der Waals surface area contributed by atoms with Crippen LogP contribution in [0, 0.1) is 0 Å². The molecular weight excluding hydrogens is 332 g/mol. The number of likely N-dealkylation sites (tertiary alicyclic amines) is 1. The van der Waals surface area contributed by atoms with Crippen molar-refractivity contribution in [3.8, 4) is 0 Å². The van der Waals surface area contributed by atoms with Gasteiger partial charge in [-0.25, -0.2) is 13.1 Å². The number of hydrogen-bond donors (Lipinski definition) is 2. The minimum atomic E-state index is -3.43. The molecule has 3 atom stereocenters. The number of rotatable bonds is 4. The first kappa shape index (κ1) is 17.3. The molecule has 24 heavy (non-hydrogen) atoms. The number of ether oxygens (including phenoxy) is 1. The second-order valence-corrected chi connectivity index (χ2v) is 8.40. The van der Waals surface area contributed by atoms with Gasteiger partial charge in [0, 0.05) is 12.5 Å². The van der Waals surface area contributed by atoms with Crippen molar-refractivity contribution in [3.05, 3.63) is 35.9 Å². The molecule has 8 heteroatoms. The summed E-state index contributed by atoms with van der Waals surface area (Å²) >= 11 is 0. The Morgan fingerprint density at radius 1 is 1.42 bits per heavy atom. The number of nitrogens with one attached hydrogen (secondary N) is 1. The summed E-state index contributed by atoms with van der Waals surface area (Å²) in [5.74, 6) is -0.173. The number of aliphatic hydroxyl groups is 1. The van der Waals surface area contributed by atoms with Crippen molar-refractivity contribution in [3.63, 3.8) is 0 Å². The molecule has 0 unspecified atom stereocenters. The Morgan fingerprint density at radius 3 is 2.79 bits per heavy atom. The summed E-state index contributed by atoms with van der Waals surface area (Å²) < 4.78 is 30.3. The van der Waals surface area contributed by atoms with Crippen molar-refractivity contribution >= 4 is 15.9 Å². The van der Waals surface area contributed by atoms with E-state index in [1.165, 1.54) is 4.90 Å². The highest BCUT2D eigenvalue weighted by Gasteiger charge is 2.53. The van der Waals surface area contributed by atoms with Crippen molar-refractivity contribution in [2.45, 2.75) is 24.0 Å². The molecule has 2 fully saturated rings. The van der Waals surface area contributed by atoms with Crippen molar-refractivity contribution < 1.29 is 23.1 Å². The SMILES string of the molecule is CS(=O)(=O)NCC(=O)N1C[C@@H](O)[C@@]2(C[C@H](c3ccccc3)CO2)C1. The fraction of sp³-hybridized carbons (Fsp3) is 0.562. The second-order valence-electron chi connectivity index (χ2n) is 6.57. The zero-order valence-electron chi connectivity index (χ0n) is 13.5. The van der Waals surface area contributed by atoms with Crippen LogP contribution in [0.4, 0.5) is 0 Å². The Bertz CT molecular complexity index is 708. The Labute approximate surface area is 141 Å². The van der Waals surface area contributed by atoms with E-state index in [0.29, 0.717) is 13.0 Å². The fourth-order valence-corrected chi connectivity index (χ4v) is 3.83. The molecule has 3 rings (SSSR count).